The summed E-state index contributed by atoms with van der Waals surface area (Å²) in [4.78, 5) is 27.6. The summed E-state index contributed by atoms with van der Waals surface area (Å²) >= 11 is 0. The normalized spacial score (nSPS) is 10.9. The number of amides is 1. The van der Waals surface area contributed by atoms with Crippen LogP contribution in [0.1, 0.15) is 51.7 Å². The van der Waals surface area contributed by atoms with E-state index in [9.17, 15) is 18.4 Å². The largest absolute Gasteiger partial charge is 0.478 e. The lowest BCUT2D eigenvalue weighted by molar-refractivity contribution is 0.0696. The predicted octanol–water partition coefficient (Wildman–Crippen LogP) is 4.28. The molecule has 0 unspecified atom stereocenters. The number of carbonyl (C=O) groups is 2. The summed E-state index contributed by atoms with van der Waals surface area (Å²) in [6.45, 7) is 3.98. The Balaban J connectivity index is 1.88. The third-order valence-electron chi connectivity index (χ3n) is 4.42. The number of benzene rings is 1. The van der Waals surface area contributed by atoms with Crippen LogP contribution < -0.4 is 5.32 Å². The Labute approximate surface area is 165 Å². The van der Waals surface area contributed by atoms with Crippen molar-refractivity contribution in [3.63, 3.8) is 0 Å². The summed E-state index contributed by atoms with van der Waals surface area (Å²) in [5, 5.41) is 11.5. The van der Waals surface area contributed by atoms with Crippen LogP contribution in [0.3, 0.4) is 0 Å². The SMILES string of the molecule is CC(C)c1cc(C(=O)Nc2ccc(C(=O)O)cn2)n(Cc2ccc(F)cc2F)c1. The van der Waals surface area contributed by atoms with Crippen LogP contribution in [0.4, 0.5) is 14.6 Å². The van der Waals surface area contributed by atoms with E-state index in [2.05, 4.69) is 10.3 Å². The fraction of sp³-hybridized carbons (Fsp3) is 0.190. The number of rotatable bonds is 6. The van der Waals surface area contributed by atoms with Gasteiger partial charge in [-0.2, -0.15) is 0 Å². The van der Waals surface area contributed by atoms with Gasteiger partial charge in [0, 0.05) is 24.0 Å². The molecule has 1 aromatic carbocycles. The topological polar surface area (TPSA) is 84.2 Å². The lowest BCUT2D eigenvalue weighted by Gasteiger charge is -2.10. The maximum atomic E-state index is 14.1. The fourth-order valence-corrected chi connectivity index (χ4v) is 2.78. The van der Waals surface area contributed by atoms with Crippen LogP contribution >= 0.6 is 0 Å². The molecule has 29 heavy (non-hydrogen) atoms. The highest BCUT2D eigenvalue weighted by molar-refractivity contribution is 6.03. The second kappa shape index (κ2) is 8.22. The molecule has 3 aromatic rings. The Morgan fingerprint density at radius 2 is 1.93 bits per heavy atom. The number of pyridine rings is 1. The number of halogens is 2. The monoisotopic (exact) mass is 399 g/mol. The summed E-state index contributed by atoms with van der Waals surface area (Å²) in [6.07, 6.45) is 2.90. The average Bonchev–Trinajstić information content (AvgIpc) is 3.09. The van der Waals surface area contributed by atoms with Crippen molar-refractivity contribution >= 4 is 17.7 Å². The number of hydrogen-bond donors (Lipinski definition) is 2. The molecule has 0 aliphatic carbocycles. The summed E-state index contributed by atoms with van der Waals surface area (Å²) in [5.74, 6) is -2.64. The molecule has 0 spiro atoms. The lowest BCUT2D eigenvalue weighted by Crippen LogP contribution is -2.18. The molecule has 3 rings (SSSR count). The van der Waals surface area contributed by atoms with E-state index in [1.807, 2.05) is 13.8 Å². The van der Waals surface area contributed by atoms with Crippen LogP contribution in [-0.4, -0.2) is 26.5 Å². The van der Waals surface area contributed by atoms with E-state index in [1.54, 1.807) is 16.8 Å². The maximum Gasteiger partial charge on any atom is 0.337 e. The molecule has 0 saturated carbocycles. The van der Waals surface area contributed by atoms with Crippen LogP contribution in [0, 0.1) is 11.6 Å². The van der Waals surface area contributed by atoms with Gasteiger partial charge >= 0.3 is 5.97 Å². The van der Waals surface area contributed by atoms with Gasteiger partial charge < -0.3 is 15.0 Å². The molecule has 0 radical (unpaired) electrons. The second-order valence-corrected chi connectivity index (χ2v) is 6.87. The maximum absolute atomic E-state index is 14.1. The Hall–Kier alpha value is -3.55. The van der Waals surface area contributed by atoms with Crippen LogP contribution in [-0.2, 0) is 6.54 Å². The molecular weight excluding hydrogens is 380 g/mol. The molecule has 0 aliphatic heterocycles. The summed E-state index contributed by atoms with van der Waals surface area (Å²) in [7, 11) is 0. The number of hydrogen-bond acceptors (Lipinski definition) is 3. The molecule has 0 atom stereocenters. The first-order chi connectivity index (χ1) is 13.7. The minimum absolute atomic E-state index is 0.000234. The van der Waals surface area contributed by atoms with Crippen molar-refractivity contribution < 1.29 is 23.5 Å². The molecule has 2 N–H and O–H groups in total. The first-order valence-electron chi connectivity index (χ1n) is 8.89. The van der Waals surface area contributed by atoms with Crippen molar-refractivity contribution in [1.29, 1.82) is 0 Å². The number of aromatic nitrogens is 2. The minimum Gasteiger partial charge on any atom is -0.478 e. The molecule has 8 heteroatoms. The van der Waals surface area contributed by atoms with E-state index >= 15 is 0 Å². The van der Waals surface area contributed by atoms with Gasteiger partial charge in [0.1, 0.15) is 23.1 Å². The Bertz CT molecular complexity index is 1060. The highest BCUT2D eigenvalue weighted by atomic mass is 19.1. The van der Waals surface area contributed by atoms with Crippen molar-refractivity contribution in [3.05, 3.63) is 82.8 Å². The molecule has 2 aromatic heterocycles. The molecule has 6 nitrogen and oxygen atoms in total. The van der Waals surface area contributed by atoms with Gasteiger partial charge in [0.05, 0.1) is 12.1 Å². The number of carbonyl (C=O) groups excluding carboxylic acids is 1. The third kappa shape index (κ3) is 4.66. The van der Waals surface area contributed by atoms with Gasteiger partial charge in [-0.25, -0.2) is 18.6 Å². The zero-order chi connectivity index (χ0) is 21.1. The molecule has 1 amide bonds. The van der Waals surface area contributed by atoms with Crippen molar-refractivity contribution in [2.75, 3.05) is 5.32 Å². The van der Waals surface area contributed by atoms with Gasteiger partial charge in [-0.3, -0.25) is 4.79 Å². The number of aromatic carboxylic acids is 1. The summed E-state index contributed by atoms with van der Waals surface area (Å²) < 4.78 is 28.8. The molecular formula is C21H19F2N3O3. The van der Waals surface area contributed by atoms with E-state index in [4.69, 9.17) is 5.11 Å². The van der Waals surface area contributed by atoms with Crippen LogP contribution in [0.2, 0.25) is 0 Å². The summed E-state index contributed by atoms with van der Waals surface area (Å²) in [6, 6.07) is 7.73. The van der Waals surface area contributed by atoms with E-state index in [-0.39, 0.29) is 35.1 Å². The fourth-order valence-electron chi connectivity index (χ4n) is 2.78. The van der Waals surface area contributed by atoms with Gasteiger partial charge in [0.25, 0.3) is 5.91 Å². The predicted molar refractivity (Wildman–Crippen MR) is 103 cm³/mol. The molecule has 150 valence electrons. The molecule has 0 aliphatic rings. The van der Waals surface area contributed by atoms with Crippen molar-refractivity contribution in [3.8, 4) is 0 Å². The summed E-state index contributed by atoms with van der Waals surface area (Å²) in [5.41, 5.74) is 1.41. The van der Waals surface area contributed by atoms with Crippen molar-refractivity contribution in [2.45, 2.75) is 26.3 Å². The van der Waals surface area contributed by atoms with Crippen LogP contribution in [0.5, 0.6) is 0 Å². The lowest BCUT2D eigenvalue weighted by atomic mass is 10.1. The van der Waals surface area contributed by atoms with E-state index in [0.29, 0.717) is 0 Å². The van der Waals surface area contributed by atoms with Crippen molar-refractivity contribution in [2.24, 2.45) is 0 Å². The third-order valence-corrected chi connectivity index (χ3v) is 4.42. The van der Waals surface area contributed by atoms with Crippen molar-refractivity contribution in [1.82, 2.24) is 9.55 Å². The van der Waals surface area contributed by atoms with E-state index in [1.165, 1.54) is 24.3 Å². The van der Waals surface area contributed by atoms with Gasteiger partial charge in [-0.15, -0.1) is 0 Å². The van der Waals surface area contributed by atoms with E-state index < -0.39 is 23.5 Å². The first kappa shape index (κ1) is 20.2. The van der Waals surface area contributed by atoms with Crippen LogP contribution in [0.15, 0.2) is 48.8 Å². The molecule has 0 saturated heterocycles. The first-order valence-corrected chi connectivity index (χ1v) is 8.89. The second-order valence-electron chi connectivity index (χ2n) is 6.87. The van der Waals surface area contributed by atoms with Crippen LogP contribution in [0.25, 0.3) is 0 Å². The number of nitrogens with one attached hydrogen (secondary N) is 1. The highest BCUT2D eigenvalue weighted by Gasteiger charge is 2.17. The Morgan fingerprint density at radius 3 is 2.52 bits per heavy atom. The van der Waals surface area contributed by atoms with Gasteiger partial charge in [-0.05, 0) is 35.7 Å². The number of nitrogens with zero attached hydrogens (tertiary/aromatic N) is 2. The van der Waals surface area contributed by atoms with Gasteiger partial charge in [0.2, 0.25) is 0 Å². The number of anilines is 1. The quantitative estimate of drug-likeness (QED) is 0.648. The van der Waals surface area contributed by atoms with Gasteiger partial charge in [0.15, 0.2) is 0 Å². The Morgan fingerprint density at radius 1 is 1.17 bits per heavy atom. The Kier molecular flexibility index (Phi) is 5.72. The zero-order valence-corrected chi connectivity index (χ0v) is 15.8. The standard InChI is InChI=1S/C21H19F2N3O3/c1-12(2)15-7-18(20(27)25-19-6-4-13(9-24-19)21(28)29)26(11-15)10-14-3-5-16(22)8-17(14)23/h3-9,11-12H,10H2,1-2H3,(H,28,29)(H,24,25,27). The number of carboxylic acids is 1. The molecule has 0 bridgehead atoms. The van der Waals surface area contributed by atoms with Gasteiger partial charge in [-0.1, -0.05) is 19.9 Å². The average molecular weight is 399 g/mol. The minimum atomic E-state index is -1.12. The molecule has 0 fully saturated rings. The zero-order valence-electron chi connectivity index (χ0n) is 15.8. The smallest absolute Gasteiger partial charge is 0.337 e. The molecule has 2 heterocycles. The highest BCUT2D eigenvalue weighted by Crippen LogP contribution is 2.21. The number of carboxylic acid groups (broad SMARTS) is 1. The van der Waals surface area contributed by atoms with E-state index in [0.717, 1.165) is 17.8 Å².